The summed E-state index contributed by atoms with van der Waals surface area (Å²) < 4.78 is 16.2. The summed E-state index contributed by atoms with van der Waals surface area (Å²) in [5.41, 5.74) is -0.0665. The van der Waals surface area contributed by atoms with Gasteiger partial charge in [0.05, 0.1) is 21.7 Å². The zero-order valence-electron chi connectivity index (χ0n) is 20.2. The van der Waals surface area contributed by atoms with Crippen LogP contribution >= 0.6 is 11.8 Å². The van der Waals surface area contributed by atoms with E-state index in [1.54, 1.807) is 7.05 Å². The first-order valence-corrected chi connectivity index (χ1v) is 13.1. The summed E-state index contributed by atoms with van der Waals surface area (Å²) in [6.45, 7) is 1.45. The molecule has 1 amide bonds. The number of fused-ring (bicyclic) bond motifs is 2. The molecule has 5 rings (SSSR count). The number of halogens is 1. The van der Waals surface area contributed by atoms with Gasteiger partial charge in [0.25, 0.3) is 0 Å². The maximum atomic E-state index is 14.8. The maximum Gasteiger partial charge on any atom is 0.341 e. The van der Waals surface area contributed by atoms with Crippen LogP contribution < -0.4 is 21.4 Å². The molecule has 0 spiro atoms. The monoisotopic (exact) mass is 526 g/mol. The normalized spacial score (nSPS) is 19.4. The van der Waals surface area contributed by atoms with Gasteiger partial charge in [-0.1, -0.05) is 0 Å². The van der Waals surface area contributed by atoms with Crippen LogP contribution in [0.25, 0.3) is 11.0 Å². The smallest absolute Gasteiger partial charge is 0.341 e. The molecule has 0 unspecified atom stereocenters. The highest BCUT2D eigenvalue weighted by atomic mass is 32.2. The Labute approximate surface area is 216 Å². The van der Waals surface area contributed by atoms with Gasteiger partial charge in [0.1, 0.15) is 17.0 Å². The van der Waals surface area contributed by atoms with Crippen molar-refractivity contribution >= 4 is 46.3 Å². The summed E-state index contributed by atoms with van der Waals surface area (Å²) in [5.74, 6) is -0.474. The molecule has 12 heteroatoms. The number of carbonyl (C=O) groups excluding carboxylic acids is 1. The topological polar surface area (TPSA) is 138 Å². The van der Waals surface area contributed by atoms with Crippen molar-refractivity contribution in [3.05, 3.63) is 51.7 Å². The van der Waals surface area contributed by atoms with Gasteiger partial charge in [0, 0.05) is 25.8 Å². The van der Waals surface area contributed by atoms with Gasteiger partial charge in [0.15, 0.2) is 11.6 Å². The van der Waals surface area contributed by atoms with Gasteiger partial charge in [-0.05, 0) is 56.3 Å². The van der Waals surface area contributed by atoms with Crippen LogP contribution in [0.4, 0.5) is 16.0 Å². The molecular weight excluding hydrogens is 499 g/mol. The first-order valence-electron chi connectivity index (χ1n) is 12.1. The fraction of sp³-hybridized carbons (Fsp3) is 0.400. The average Bonchev–Trinajstić information content (AvgIpc) is 2.87. The van der Waals surface area contributed by atoms with E-state index in [1.165, 1.54) is 22.5 Å². The number of nitrogens with zero attached hydrogens (tertiary/aromatic N) is 3. The Morgan fingerprint density at radius 3 is 2.78 bits per heavy atom. The third-order valence-electron chi connectivity index (χ3n) is 6.79. The van der Waals surface area contributed by atoms with Gasteiger partial charge in [0.2, 0.25) is 11.3 Å². The van der Waals surface area contributed by atoms with Crippen LogP contribution in [-0.2, 0) is 18.4 Å². The first-order chi connectivity index (χ1) is 17.8. The summed E-state index contributed by atoms with van der Waals surface area (Å²) in [7, 11) is 1.58. The fourth-order valence-corrected chi connectivity index (χ4v) is 5.59. The highest BCUT2D eigenvalue weighted by Gasteiger charge is 2.24. The maximum absolute atomic E-state index is 14.8. The van der Waals surface area contributed by atoms with Crippen LogP contribution in [0.2, 0.25) is 0 Å². The molecule has 0 aromatic carbocycles. The molecule has 4 N–H and O–H groups in total. The molecule has 1 saturated carbocycles. The minimum atomic E-state index is -1.36. The number of amides is 1. The molecule has 1 aliphatic heterocycles. The van der Waals surface area contributed by atoms with E-state index in [1.807, 2.05) is 12.1 Å². The van der Waals surface area contributed by atoms with Crippen molar-refractivity contribution < 1.29 is 19.1 Å². The number of carboxylic acid groups (broad SMARTS) is 1. The van der Waals surface area contributed by atoms with Crippen molar-refractivity contribution in [1.82, 2.24) is 19.9 Å². The predicted molar refractivity (Wildman–Crippen MR) is 139 cm³/mol. The van der Waals surface area contributed by atoms with Crippen LogP contribution in [0.3, 0.4) is 0 Å². The van der Waals surface area contributed by atoms with Gasteiger partial charge < -0.3 is 25.6 Å². The zero-order chi connectivity index (χ0) is 26.1. The number of aromatic carboxylic acids is 1. The van der Waals surface area contributed by atoms with Gasteiger partial charge in [-0.2, -0.15) is 0 Å². The Balaban J connectivity index is 1.15. The summed E-state index contributed by atoms with van der Waals surface area (Å²) in [4.78, 5) is 45.1. The van der Waals surface area contributed by atoms with E-state index in [2.05, 4.69) is 25.9 Å². The Morgan fingerprint density at radius 1 is 1.24 bits per heavy atom. The second-order valence-corrected chi connectivity index (χ2v) is 10.5. The second-order valence-electron chi connectivity index (χ2n) is 9.46. The molecule has 3 aromatic rings. The number of thioether (sulfide) groups is 1. The molecular formula is C25H27FN6O4S. The lowest BCUT2D eigenvalue weighted by Gasteiger charge is -2.29. The lowest BCUT2D eigenvalue weighted by atomic mass is 9.86. The van der Waals surface area contributed by atoms with E-state index in [9.17, 15) is 23.9 Å². The lowest BCUT2D eigenvalue weighted by Crippen LogP contribution is -2.32. The Hall–Kier alpha value is -3.51. The van der Waals surface area contributed by atoms with Gasteiger partial charge in [-0.25, -0.2) is 19.2 Å². The predicted octanol–water partition coefficient (Wildman–Crippen LogP) is 2.97. The number of rotatable bonds is 7. The number of aryl methyl sites for hydroxylation is 1. The molecule has 4 heterocycles. The van der Waals surface area contributed by atoms with Gasteiger partial charge in [-0.3, -0.25) is 9.59 Å². The van der Waals surface area contributed by atoms with Crippen molar-refractivity contribution in [2.24, 2.45) is 13.0 Å². The molecule has 37 heavy (non-hydrogen) atoms. The number of pyridine rings is 3. The Kier molecular flexibility index (Phi) is 7.11. The molecule has 0 saturated heterocycles. The van der Waals surface area contributed by atoms with E-state index in [4.69, 9.17) is 0 Å². The summed E-state index contributed by atoms with van der Waals surface area (Å²) >= 11 is 1.49. The van der Waals surface area contributed by atoms with E-state index in [-0.39, 0.29) is 28.8 Å². The van der Waals surface area contributed by atoms with Crippen LogP contribution in [-0.4, -0.2) is 49.9 Å². The van der Waals surface area contributed by atoms with Crippen LogP contribution in [0.5, 0.6) is 0 Å². The van der Waals surface area contributed by atoms with E-state index in [0.29, 0.717) is 24.0 Å². The number of hydrogen-bond donors (Lipinski definition) is 4. The quantitative estimate of drug-likeness (QED) is 0.366. The first kappa shape index (κ1) is 25.2. The number of anilines is 2. The van der Waals surface area contributed by atoms with Crippen molar-refractivity contribution in [3.8, 4) is 0 Å². The van der Waals surface area contributed by atoms with E-state index in [0.717, 1.165) is 48.9 Å². The van der Waals surface area contributed by atoms with Crippen molar-refractivity contribution in [3.63, 3.8) is 0 Å². The third kappa shape index (κ3) is 5.44. The van der Waals surface area contributed by atoms with Crippen molar-refractivity contribution in [1.29, 1.82) is 0 Å². The molecule has 0 radical (unpaired) electrons. The van der Waals surface area contributed by atoms with Crippen LogP contribution in [0, 0.1) is 11.7 Å². The number of carbonyl (C=O) groups is 2. The summed E-state index contributed by atoms with van der Waals surface area (Å²) in [5, 5.41) is 18.6. The summed E-state index contributed by atoms with van der Waals surface area (Å²) in [6, 6.07) is 5.08. The molecule has 10 nitrogen and oxygen atoms in total. The standard InChI is InChI=1S/C25H27FN6O4S/c1-32-11-17(25(35)36)21(34)16-8-18(26)22(31-24(16)32)28-14-4-2-13(3-5-14)9-27-10-15-6-7-19-23(29-15)30-20(33)12-37-19/h6-8,11,13-14,27H,2-5,9-10,12H2,1H3,(H,28,31)(H,35,36)(H,29,30,33)/t13-,14-. The zero-order valence-corrected chi connectivity index (χ0v) is 21.0. The van der Waals surface area contributed by atoms with Gasteiger partial charge in [-0.15, -0.1) is 11.8 Å². The number of aromatic nitrogens is 3. The molecule has 0 atom stereocenters. The highest BCUT2D eigenvalue weighted by Crippen LogP contribution is 2.30. The molecule has 1 aliphatic carbocycles. The van der Waals surface area contributed by atoms with Gasteiger partial charge >= 0.3 is 5.97 Å². The van der Waals surface area contributed by atoms with Crippen LogP contribution in [0.15, 0.2) is 34.1 Å². The number of nitrogens with one attached hydrogen (secondary N) is 3. The molecule has 0 bridgehead atoms. The number of hydrogen-bond acceptors (Lipinski definition) is 8. The second kappa shape index (κ2) is 10.5. The van der Waals surface area contributed by atoms with Crippen molar-refractivity contribution in [2.75, 3.05) is 22.9 Å². The summed E-state index contributed by atoms with van der Waals surface area (Å²) in [6.07, 6.45) is 4.83. The highest BCUT2D eigenvalue weighted by molar-refractivity contribution is 8.00. The molecule has 3 aromatic heterocycles. The van der Waals surface area contributed by atoms with Crippen LogP contribution in [0.1, 0.15) is 41.7 Å². The Morgan fingerprint density at radius 2 is 2.03 bits per heavy atom. The molecule has 1 fully saturated rings. The largest absolute Gasteiger partial charge is 0.477 e. The molecule has 2 aliphatic rings. The van der Waals surface area contributed by atoms with E-state index < -0.39 is 22.8 Å². The minimum absolute atomic E-state index is 0.0318. The lowest BCUT2D eigenvalue weighted by molar-refractivity contribution is -0.113. The van der Waals surface area contributed by atoms with E-state index >= 15 is 0 Å². The fourth-order valence-electron chi connectivity index (χ4n) is 4.84. The molecule has 194 valence electrons. The Bertz CT molecular complexity index is 1440. The number of carboxylic acids is 1. The SMILES string of the molecule is Cn1cc(C(=O)O)c(=O)c2cc(F)c(N[C@H]3CC[C@H](CNCc4ccc5c(n4)NC(=O)CS5)CC3)nc21. The third-order valence-corrected chi connectivity index (χ3v) is 7.84. The minimum Gasteiger partial charge on any atom is -0.477 e. The average molecular weight is 527 g/mol. The van der Waals surface area contributed by atoms with Crippen molar-refractivity contribution in [2.45, 2.75) is 43.2 Å².